The molecule has 152 valence electrons. The largest absolute Gasteiger partial charge is 0.378 e. The zero-order valence-electron chi connectivity index (χ0n) is 15.6. The predicted molar refractivity (Wildman–Crippen MR) is 111 cm³/mol. The fraction of sp³-hybridized carbons (Fsp3) is 0.684. The molecule has 0 aromatic carbocycles. The first kappa shape index (κ1) is 22.2. The van der Waals surface area contributed by atoms with Gasteiger partial charge in [0.2, 0.25) is 5.91 Å². The van der Waals surface area contributed by atoms with E-state index in [0.717, 1.165) is 57.2 Å². The van der Waals surface area contributed by atoms with E-state index in [0.29, 0.717) is 12.5 Å². The van der Waals surface area contributed by atoms with Gasteiger partial charge in [0.1, 0.15) is 5.82 Å². The van der Waals surface area contributed by atoms with E-state index in [1.165, 1.54) is 19.3 Å². The summed E-state index contributed by atoms with van der Waals surface area (Å²) in [5, 5.41) is 6.62. The summed E-state index contributed by atoms with van der Waals surface area (Å²) in [6.07, 6.45) is 6.50. The molecule has 8 heteroatoms. The molecule has 1 aromatic heterocycles. The number of hydrogen-bond donors (Lipinski definition) is 2. The molecule has 3 heterocycles. The second kappa shape index (κ2) is 9.92. The second-order valence-corrected chi connectivity index (χ2v) is 7.54. The number of carbonyl (C=O) groups excluding carboxylic acids is 1. The van der Waals surface area contributed by atoms with Crippen LogP contribution in [0.25, 0.3) is 0 Å². The van der Waals surface area contributed by atoms with Crippen LogP contribution in [0, 0.1) is 11.3 Å². The van der Waals surface area contributed by atoms with Gasteiger partial charge in [-0.1, -0.05) is 18.9 Å². The van der Waals surface area contributed by atoms with Crippen LogP contribution in [0.3, 0.4) is 0 Å². The fourth-order valence-electron chi connectivity index (χ4n) is 4.55. The van der Waals surface area contributed by atoms with Crippen molar-refractivity contribution in [1.29, 1.82) is 0 Å². The minimum Gasteiger partial charge on any atom is -0.378 e. The maximum Gasteiger partial charge on any atom is 0.228 e. The topological polar surface area (TPSA) is 66.5 Å². The van der Waals surface area contributed by atoms with Crippen molar-refractivity contribution in [2.24, 2.45) is 11.3 Å². The number of nitrogens with one attached hydrogen (secondary N) is 2. The minimum absolute atomic E-state index is 0. The first-order chi connectivity index (χ1) is 12.3. The zero-order valence-corrected chi connectivity index (χ0v) is 17.2. The molecular weight excluding hydrogens is 387 g/mol. The van der Waals surface area contributed by atoms with E-state index in [-0.39, 0.29) is 36.1 Å². The highest BCUT2D eigenvalue weighted by Crippen LogP contribution is 2.43. The van der Waals surface area contributed by atoms with Crippen molar-refractivity contribution < 1.29 is 9.53 Å². The maximum atomic E-state index is 12.9. The maximum absolute atomic E-state index is 12.9. The lowest BCUT2D eigenvalue weighted by molar-refractivity contribution is -0.134. The number of anilines is 1. The number of ether oxygens (including phenoxy) is 1. The third-order valence-corrected chi connectivity index (χ3v) is 6.09. The Morgan fingerprint density at radius 2 is 2.11 bits per heavy atom. The van der Waals surface area contributed by atoms with Gasteiger partial charge in [0, 0.05) is 32.4 Å². The van der Waals surface area contributed by atoms with Gasteiger partial charge in [-0.2, -0.15) is 0 Å². The van der Waals surface area contributed by atoms with Crippen molar-refractivity contribution in [3.8, 4) is 0 Å². The highest BCUT2D eigenvalue weighted by molar-refractivity contribution is 5.85. The minimum atomic E-state index is -0.181. The molecule has 0 bridgehead atoms. The average molecular weight is 417 g/mol. The Hall–Kier alpha value is -1.08. The van der Waals surface area contributed by atoms with Gasteiger partial charge in [0.15, 0.2) is 0 Å². The standard InChI is InChI=1S/C19H28N4O2.2ClH/c24-18(19-6-2-1-3-16(19)13-20-14-19)22-12-15-4-5-17(21-11-15)23-7-9-25-10-8-23;;/h4-5,11,16,20H,1-3,6-10,12-14H2,(H,22,24);2*1H/t16-,19+;;/m0../s1. The molecule has 3 fully saturated rings. The highest BCUT2D eigenvalue weighted by atomic mass is 35.5. The Labute approximate surface area is 173 Å². The number of morpholine rings is 1. The Morgan fingerprint density at radius 3 is 2.85 bits per heavy atom. The number of halogens is 2. The van der Waals surface area contributed by atoms with E-state index in [4.69, 9.17) is 4.74 Å². The van der Waals surface area contributed by atoms with E-state index >= 15 is 0 Å². The normalized spacial score (nSPS) is 27.1. The molecule has 2 N–H and O–H groups in total. The first-order valence-corrected chi connectivity index (χ1v) is 9.55. The van der Waals surface area contributed by atoms with E-state index in [2.05, 4.69) is 26.6 Å². The summed E-state index contributed by atoms with van der Waals surface area (Å²) in [6.45, 7) is 5.68. The molecule has 4 rings (SSSR count). The highest BCUT2D eigenvalue weighted by Gasteiger charge is 2.49. The lowest BCUT2D eigenvalue weighted by Crippen LogP contribution is -2.47. The van der Waals surface area contributed by atoms with Crippen molar-refractivity contribution >= 4 is 36.5 Å². The summed E-state index contributed by atoms with van der Waals surface area (Å²) in [4.78, 5) is 19.7. The summed E-state index contributed by atoms with van der Waals surface area (Å²) in [5.74, 6) is 1.71. The number of amides is 1. The number of pyridine rings is 1. The van der Waals surface area contributed by atoms with Crippen LogP contribution in [0.4, 0.5) is 5.82 Å². The number of carbonyl (C=O) groups is 1. The molecule has 6 nitrogen and oxygen atoms in total. The van der Waals surface area contributed by atoms with Gasteiger partial charge >= 0.3 is 0 Å². The molecule has 2 saturated heterocycles. The number of rotatable bonds is 4. The first-order valence-electron chi connectivity index (χ1n) is 9.55. The number of fused-ring (bicyclic) bond motifs is 1. The third-order valence-electron chi connectivity index (χ3n) is 6.09. The average Bonchev–Trinajstić information content (AvgIpc) is 3.12. The Bertz CT molecular complexity index is 610. The second-order valence-electron chi connectivity index (χ2n) is 7.54. The van der Waals surface area contributed by atoms with Crippen molar-refractivity contribution in [2.75, 3.05) is 44.3 Å². The van der Waals surface area contributed by atoms with Crippen molar-refractivity contribution in [3.05, 3.63) is 23.9 Å². The fourth-order valence-corrected chi connectivity index (χ4v) is 4.55. The lowest BCUT2D eigenvalue weighted by atomic mass is 9.67. The van der Waals surface area contributed by atoms with Crippen LogP contribution in [-0.2, 0) is 16.1 Å². The van der Waals surface area contributed by atoms with Gasteiger partial charge in [-0.15, -0.1) is 24.8 Å². The Balaban J connectivity index is 0.00000131. The van der Waals surface area contributed by atoms with E-state index < -0.39 is 0 Å². The molecule has 1 aliphatic carbocycles. The van der Waals surface area contributed by atoms with E-state index in [1.54, 1.807) is 0 Å². The zero-order chi connectivity index (χ0) is 17.1. The molecule has 2 aliphatic heterocycles. The van der Waals surface area contributed by atoms with Gasteiger partial charge in [0.05, 0.1) is 18.6 Å². The summed E-state index contributed by atoms with van der Waals surface area (Å²) < 4.78 is 5.38. The van der Waals surface area contributed by atoms with Crippen molar-refractivity contribution in [1.82, 2.24) is 15.6 Å². The number of hydrogen-bond acceptors (Lipinski definition) is 5. The van der Waals surface area contributed by atoms with Crippen LogP contribution in [0.1, 0.15) is 31.2 Å². The van der Waals surface area contributed by atoms with Crippen molar-refractivity contribution in [2.45, 2.75) is 32.2 Å². The summed E-state index contributed by atoms with van der Waals surface area (Å²) >= 11 is 0. The smallest absolute Gasteiger partial charge is 0.228 e. The predicted octanol–water partition coefficient (Wildman–Crippen LogP) is 2.16. The van der Waals surface area contributed by atoms with Crippen LogP contribution in [0.2, 0.25) is 0 Å². The van der Waals surface area contributed by atoms with Gasteiger partial charge in [-0.3, -0.25) is 4.79 Å². The van der Waals surface area contributed by atoms with Crippen LogP contribution in [-0.4, -0.2) is 50.3 Å². The Morgan fingerprint density at radius 1 is 1.30 bits per heavy atom. The molecule has 0 unspecified atom stereocenters. The van der Waals surface area contributed by atoms with Gasteiger partial charge in [-0.25, -0.2) is 4.98 Å². The summed E-state index contributed by atoms with van der Waals surface area (Å²) in [5.41, 5.74) is 0.874. The van der Waals surface area contributed by atoms with Gasteiger partial charge < -0.3 is 20.3 Å². The molecular formula is C19H30Cl2N4O2. The number of nitrogens with zero attached hydrogens (tertiary/aromatic N) is 2. The van der Waals surface area contributed by atoms with Crippen LogP contribution in [0.5, 0.6) is 0 Å². The molecule has 0 radical (unpaired) electrons. The van der Waals surface area contributed by atoms with Crippen molar-refractivity contribution in [3.63, 3.8) is 0 Å². The molecule has 0 spiro atoms. The molecule has 1 amide bonds. The van der Waals surface area contributed by atoms with Crippen LogP contribution < -0.4 is 15.5 Å². The summed E-state index contributed by atoms with van der Waals surface area (Å²) in [7, 11) is 0. The summed E-state index contributed by atoms with van der Waals surface area (Å²) in [6, 6.07) is 4.12. The monoisotopic (exact) mass is 416 g/mol. The van der Waals surface area contributed by atoms with Crippen LogP contribution >= 0.6 is 24.8 Å². The van der Waals surface area contributed by atoms with Gasteiger partial charge in [-0.05, 0) is 36.9 Å². The quantitative estimate of drug-likeness (QED) is 0.786. The lowest BCUT2D eigenvalue weighted by Gasteiger charge is -2.37. The molecule has 1 saturated carbocycles. The SMILES string of the molecule is Cl.Cl.O=C(NCc1ccc(N2CCOCC2)nc1)[C@@]12CCCC[C@H]1CNC2. The molecule has 2 atom stereocenters. The molecule has 27 heavy (non-hydrogen) atoms. The van der Waals surface area contributed by atoms with E-state index in [9.17, 15) is 4.79 Å². The molecule has 1 aromatic rings. The third kappa shape index (κ3) is 4.67. The molecule has 3 aliphatic rings. The van der Waals surface area contributed by atoms with Gasteiger partial charge in [0.25, 0.3) is 0 Å². The van der Waals surface area contributed by atoms with Crippen LogP contribution in [0.15, 0.2) is 18.3 Å². The Kier molecular flexibility index (Phi) is 8.16. The van der Waals surface area contributed by atoms with E-state index in [1.807, 2.05) is 12.3 Å². The number of aromatic nitrogens is 1.